The Morgan fingerprint density at radius 3 is 2.08 bits per heavy atom. The standard InChI is InChI=1S/C11H22O2/c1-6-10(7-8(2)3)13-11(12)9(4)5/h8-10H,6-7H2,1-5H3. The third kappa shape index (κ3) is 5.67. The van der Waals surface area contributed by atoms with E-state index in [-0.39, 0.29) is 18.0 Å². The maximum atomic E-state index is 11.3. The largest absolute Gasteiger partial charge is 0.462 e. The second kappa shape index (κ2) is 6.01. The minimum Gasteiger partial charge on any atom is -0.462 e. The Morgan fingerprint density at radius 2 is 1.77 bits per heavy atom. The van der Waals surface area contributed by atoms with E-state index in [9.17, 15) is 4.79 Å². The van der Waals surface area contributed by atoms with E-state index in [0.29, 0.717) is 5.92 Å². The van der Waals surface area contributed by atoms with Gasteiger partial charge in [-0.15, -0.1) is 0 Å². The number of hydrogen-bond donors (Lipinski definition) is 0. The lowest BCUT2D eigenvalue weighted by molar-refractivity contribution is -0.153. The van der Waals surface area contributed by atoms with E-state index in [1.165, 1.54) is 0 Å². The summed E-state index contributed by atoms with van der Waals surface area (Å²) < 4.78 is 5.33. The highest BCUT2D eigenvalue weighted by atomic mass is 16.5. The lowest BCUT2D eigenvalue weighted by atomic mass is 10.0. The van der Waals surface area contributed by atoms with Crippen LogP contribution in [0.25, 0.3) is 0 Å². The fraction of sp³-hybridized carbons (Fsp3) is 0.909. The molecule has 0 heterocycles. The Bertz CT molecular complexity index is 150. The summed E-state index contributed by atoms with van der Waals surface area (Å²) >= 11 is 0. The van der Waals surface area contributed by atoms with Crippen LogP contribution in [0.15, 0.2) is 0 Å². The van der Waals surface area contributed by atoms with Gasteiger partial charge >= 0.3 is 5.97 Å². The van der Waals surface area contributed by atoms with Crippen LogP contribution in [0.3, 0.4) is 0 Å². The van der Waals surface area contributed by atoms with Crippen LogP contribution in [0, 0.1) is 11.8 Å². The molecule has 0 amide bonds. The Kier molecular flexibility index (Phi) is 5.76. The van der Waals surface area contributed by atoms with Crippen LogP contribution in [-0.2, 0) is 9.53 Å². The van der Waals surface area contributed by atoms with E-state index < -0.39 is 0 Å². The molecule has 0 spiro atoms. The van der Waals surface area contributed by atoms with Gasteiger partial charge in [-0.25, -0.2) is 0 Å². The molecule has 0 rings (SSSR count). The molecule has 0 aromatic rings. The number of carbonyl (C=O) groups excluding carboxylic acids is 1. The topological polar surface area (TPSA) is 26.3 Å². The average Bonchev–Trinajstić information content (AvgIpc) is 2.02. The van der Waals surface area contributed by atoms with Gasteiger partial charge in [0.05, 0.1) is 5.92 Å². The number of esters is 1. The second-order valence-electron chi connectivity index (χ2n) is 4.25. The highest BCUT2D eigenvalue weighted by molar-refractivity contribution is 5.71. The molecule has 0 aromatic carbocycles. The van der Waals surface area contributed by atoms with Crippen LogP contribution in [0.4, 0.5) is 0 Å². The second-order valence-corrected chi connectivity index (χ2v) is 4.25. The van der Waals surface area contributed by atoms with E-state index in [1.54, 1.807) is 0 Å². The smallest absolute Gasteiger partial charge is 0.308 e. The zero-order valence-corrected chi connectivity index (χ0v) is 9.46. The van der Waals surface area contributed by atoms with Crippen molar-refractivity contribution >= 4 is 5.97 Å². The first-order valence-electron chi connectivity index (χ1n) is 5.17. The van der Waals surface area contributed by atoms with Gasteiger partial charge in [-0.3, -0.25) is 4.79 Å². The first kappa shape index (κ1) is 12.5. The van der Waals surface area contributed by atoms with E-state index in [1.807, 2.05) is 13.8 Å². The monoisotopic (exact) mass is 186 g/mol. The lowest BCUT2D eigenvalue weighted by Gasteiger charge is -2.19. The molecule has 0 saturated carbocycles. The maximum Gasteiger partial charge on any atom is 0.308 e. The van der Waals surface area contributed by atoms with Crippen molar-refractivity contribution in [3.05, 3.63) is 0 Å². The zero-order valence-electron chi connectivity index (χ0n) is 9.46. The summed E-state index contributed by atoms with van der Waals surface area (Å²) in [6.07, 6.45) is 1.99. The van der Waals surface area contributed by atoms with Gasteiger partial charge in [-0.2, -0.15) is 0 Å². The maximum absolute atomic E-state index is 11.3. The summed E-state index contributed by atoms with van der Waals surface area (Å²) in [5.74, 6) is 0.499. The third-order valence-electron chi connectivity index (χ3n) is 1.94. The van der Waals surface area contributed by atoms with Gasteiger partial charge in [0.2, 0.25) is 0 Å². The lowest BCUT2D eigenvalue weighted by Crippen LogP contribution is -2.22. The summed E-state index contributed by atoms with van der Waals surface area (Å²) in [7, 11) is 0. The average molecular weight is 186 g/mol. The Morgan fingerprint density at radius 1 is 1.23 bits per heavy atom. The van der Waals surface area contributed by atoms with Gasteiger partial charge in [0.15, 0.2) is 0 Å². The number of rotatable bonds is 5. The Hall–Kier alpha value is -0.530. The molecule has 78 valence electrons. The van der Waals surface area contributed by atoms with Crippen molar-refractivity contribution in [3.63, 3.8) is 0 Å². The van der Waals surface area contributed by atoms with Crippen molar-refractivity contribution in [2.24, 2.45) is 11.8 Å². The van der Waals surface area contributed by atoms with Crippen LogP contribution in [0.1, 0.15) is 47.5 Å². The molecule has 1 atom stereocenters. The minimum atomic E-state index is -0.0764. The molecule has 2 heteroatoms. The van der Waals surface area contributed by atoms with Crippen LogP contribution in [-0.4, -0.2) is 12.1 Å². The summed E-state index contributed by atoms with van der Waals surface area (Å²) in [5.41, 5.74) is 0. The van der Waals surface area contributed by atoms with E-state index >= 15 is 0 Å². The molecule has 0 bridgehead atoms. The first-order valence-corrected chi connectivity index (χ1v) is 5.17. The molecule has 0 saturated heterocycles. The van der Waals surface area contributed by atoms with Crippen LogP contribution < -0.4 is 0 Å². The molecular weight excluding hydrogens is 164 g/mol. The fourth-order valence-corrected chi connectivity index (χ4v) is 1.12. The van der Waals surface area contributed by atoms with Crippen molar-refractivity contribution in [2.75, 3.05) is 0 Å². The number of carbonyl (C=O) groups is 1. The van der Waals surface area contributed by atoms with Gasteiger partial charge in [-0.1, -0.05) is 34.6 Å². The van der Waals surface area contributed by atoms with Crippen molar-refractivity contribution in [3.8, 4) is 0 Å². The van der Waals surface area contributed by atoms with Crippen LogP contribution >= 0.6 is 0 Å². The van der Waals surface area contributed by atoms with Gasteiger partial charge < -0.3 is 4.74 Å². The van der Waals surface area contributed by atoms with E-state index in [4.69, 9.17) is 4.74 Å². The van der Waals surface area contributed by atoms with Gasteiger partial charge in [-0.05, 0) is 18.8 Å². The molecule has 1 unspecified atom stereocenters. The van der Waals surface area contributed by atoms with Crippen molar-refractivity contribution in [1.82, 2.24) is 0 Å². The minimum absolute atomic E-state index is 0.0128. The van der Waals surface area contributed by atoms with Crippen molar-refractivity contribution in [1.29, 1.82) is 0 Å². The highest BCUT2D eigenvalue weighted by Crippen LogP contribution is 2.13. The number of hydrogen-bond acceptors (Lipinski definition) is 2. The molecule has 0 aliphatic heterocycles. The molecule has 0 aromatic heterocycles. The van der Waals surface area contributed by atoms with Gasteiger partial charge in [0.1, 0.15) is 6.10 Å². The van der Waals surface area contributed by atoms with E-state index in [2.05, 4.69) is 20.8 Å². The number of ether oxygens (including phenoxy) is 1. The van der Waals surface area contributed by atoms with Crippen LogP contribution in [0.2, 0.25) is 0 Å². The van der Waals surface area contributed by atoms with Crippen molar-refractivity contribution in [2.45, 2.75) is 53.6 Å². The summed E-state index contributed by atoms with van der Waals surface area (Å²) in [5, 5.41) is 0. The first-order chi connectivity index (χ1) is 5.97. The summed E-state index contributed by atoms with van der Waals surface area (Å²) in [6.45, 7) is 10.1. The molecular formula is C11H22O2. The normalized spacial score (nSPS) is 13.5. The molecule has 0 aliphatic rings. The van der Waals surface area contributed by atoms with Gasteiger partial charge in [0.25, 0.3) is 0 Å². The molecule has 0 fully saturated rings. The highest BCUT2D eigenvalue weighted by Gasteiger charge is 2.16. The Balaban J connectivity index is 3.90. The summed E-state index contributed by atoms with van der Waals surface area (Å²) in [6, 6.07) is 0. The zero-order chi connectivity index (χ0) is 10.4. The molecule has 0 aliphatic carbocycles. The SMILES string of the molecule is CCC(CC(C)C)OC(=O)C(C)C. The van der Waals surface area contributed by atoms with Crippen LogP contribution in [0.5, 0.6) is 0 Å². The van der Waals surface area contributed by atoms with Gasteiger partial charge in [0, 0.05) is 0 Å². The van der Waals surface area contributed by atoms with E-state index in [0.717, 1.165) is 12.8 Å². The molecule has 13 heavy (non-hydrogen) atoms. The Labute approximate surface area is 81.7 Å². The molecule has 0 radical (unpaired) electrons. The predicted molar refractivity (Wildman–Crippen MR) is 54.5 cm³/mol. The third-order valence-corrected chi connectivity index (χ3v) is 1.94. The molecule has 0 N–H and O–H groups in total. The van der Waals surface area contributed by atoms with Crippen molar-refractivity contribution < 1.29 is 9.53 Å². The quantitative estimate of drug-likeness (QED) is 0.617. The molecule has 2 nitrogen and oxygen atoms in total. The fourth-order valence-electron chi connectivity index (χ4n) is 1.12. The predicted octanol–water partition coefficient (Wildman–Crippen LogP) is 3.01. The summed E-state index contributed by atoms with van der Waals surface area (Å²) in [4.78, 5) is 11.3.